The first-order chi connectivity index (χ1) is 14.1. The highest BCUT2D eigenvalue weighted by atomic mass is 16.5. The normalized spacial score (nSPS) is 20.5. The van der Waals surface area contributed by atoms with Crippen molar-refractivity contribution in [3.05, 3.63) is 42.2 Å². The maximum absolute atomic E-state index is 5.64. The van der Waals surface area contributed by atoms with Gasteiger partial charge in [-0.05, 0) is 31.2 Å². The van der Waals surface area contributed by atoms with Crippen molar-refractivity contribution >= 4 is 22.4 Å². The van der Waals surface area contributed by atoms with Crippen molar-refractivity contribution in [3.8, 4) is 11.4 Å². The van der Waals surface area contributed by atoms with Gasteiger partial charge in [0, 0.05) is 50.5 Å². The molecule has 0 aliphatic carbocycles. The maximum atomic E-state index is 5.64. The molecule has 0 unspecified atom stereocenters. The summed E-state index contributed by atoms with van der Waals surface area (Å²) in [6, 6.07) is 6.47. The Morgan fingerprint density at radius 2 is 2.10 bits per heavy atom. The zero-order valence-electron chi connectivity index (χ0n) is 17.0. The lowest BCUT2D eigenvalue weighted by Gasteiger charge is -2.35. The van der Waals surface area contributed by atoms with Crippen molar-refractivity contribution in [1.82, 2.24) is 30.2 Å². The minimum atomic E-state index is 0.270. The van der Waals surface area contributed by atoms with Crippen LogP contribution in [-0.2, 0) is 4.74 Å². The van der Waals surface area contributed by atoms with Gasteiger partial charge in [0.2, 0.25) is 0 Å². The average molecular weight is 391 g/mol. The van der Waals surface area contributed by atoms with Crippen LogP contribution in [0.4, 0.5) is 5.82 Å². The second kappa shape index (κ2) is 7.13. The number of ether oxygens (including phenoxy) is 1. The van der Waals surface area contributed by atoms with Gasteiger partial charge < -0.3 is 14.6 Å². The monoisotopic (exact) mass is 391 g/mol. The van der Waals surface area contributed by atoms with Gasteiger partial charge in [0.05, 0.1) is 30.6 Å². The Morgan fingerprint density at radius 3 is 2.83 bits per heavy atom. The van der Waals surface area contributed by atoms with Gasteiger partial charge in [0.25, 0.3) is 0 Å². The van der Waals surface area contributed by atoms with Gasteiger partial charge in [-0.3, -0.25) is 10.1 Å². The number of anilines is 1. The molecule has 0 spiro atoms. The summed E-state index contributed by atoms with van der Waals surface area (Å²) in [7, 11) is 4.19. The summed E-state index contributed by atoms with van der Waals surface area (Å²) in [5, 5.41) is 12.6. The highest BCUT2D eigenvalue weighted by Gasteiger charge is 2.26. The predicted octanol–water partition coefficient (Wildman–Crippen LogP) is 2.38. The number of pyridine rings is 2. The first kappa shape index (κ1) is 18.1. The van der Waals surface area contributed by atoms with Gasteiger partial charge in [-0.25, -0.2) is 9.99 Å². The lowest BCUT2D eigenvalue weighted by atomic mass is 10.0. The SMILES string of the molecule is C[C@@H]1COCCN1c1cc(C2=CCN(C)N2C)c2ccnc(-c3ccn[nH]3)c2n1. The molecule has 1 saturated heterocycles. The number of aromatic nitrogens is 4. The van der Waals surface area contributed by atoms with Crippen molar-refractivity contribution in [2.24, 2.45) is 0 Å². The number of hydrogen-bond donors (Lipinski definition) is 1. The first-order valence-corrected chi connectivity index (χ1v) is 9.92. The fraction of sp³-hybridized carbons (Fsp3) is 0.381. The molecule has 5 heterocycles. The van der Waals surface area contributed by atoms with Gasteiger partial charge in [0.15, 0.2) is 0 Å². The number of H-pyrrole nitrogens is 1. The standard InChI is InChI=1S/C21H25N7O/c1-14-13-29-11-10-28(14)19-12-16(18-6-9-26(2)27(18)3)15-4-7-22-21(20(15)24-19)17-5-8-23-25-17/h4-8,12,14H,9-11,13H2,1-3H3,(H,23,25)/t14-/m1/s1. The Bertz CT molecular complexity index is 1060. The molecule has 1 fully saturated rings. The van der Waals surface area contributed by atoms with E-state index in [1.165, 1.54) is 11.3 Å². The van der Waals surface area contributed by atoms with Gasteiger partial charge in [-0.15, -0.1) is 0 Å². The van der Waals surface area contributed by atoms with Crippen LogP contribution in [0, 0.1) is 0 Å². The topological polar surface area (TPSA) is 73.4 Å². The van der Waals surface area contributed by atoms with Crippen molar-refractivity contribution in [2.45, 2.75) is 13.0 Å². The molecule has 29 heavy (non-hydrogen) atoms. The molecular weight excluding hydrogens is 366 g/mol. The van der Waals surface area contributed by atoms with E-state index >= 15 is 0 Å². The molecular formula is C21H25N7O. The van der Waals surface area contributed by atoms with Crippen LogP contribution in [0.3, 0.4) is 0 Å². The van der Waals surface area contributed by atoms with E-state index in [-0.39, 0.29) is 6.04 Å². The van der Waals surface area contributed by atoms with Crippen molar-refractivity contribution in [3.63, 3.8) is 0 Å². The molecule has 0 radical (unpaired) electrons. The second-order valence-electron chi connectivity index (χ2n) is 7.62. The summed E-state index contributed by atoms with van der Waals surface area (Å²) < 4.78 is 5.64. The van der Waals surface area contributed by atoms with Gasteiger partial charge in [-0.2, -0.15) is 5.10 Å². The second-order valence-corrected chi connectivity index (χ2v) is 7.62. The Hall–Kier alpha value is -2.97. The summed E-state index contributed by atoms with van der Waals surface area (Å²) >= 11 is 0. The number of rotatable bonds is 3. The smallest absolute Gasteiger partial charge is 0.130 e. The molecule has 2 aliphatic rings. The molecule has 150 valence electrons. The Kier molecular flexibility index (Phi) is 4.44. The number of likely N-dealkylation sites (N-methyl/N-ethyl adjacent to an activating group) is 1. The number of nitrogens with one attached hydrogen (secondary N) is 1. The molecule has 3 aromatic rings. The number of hydrogen-bond acceptors (Lipinski definition) is 7. The number of morpholine rings is 1. The Labute approximate surface area is 169 Å². The van der Waals surface area contributed by atoms with Crippen LogP contribution in [0.1, 0.15) is 12.5 Å². The van der Waals surface area contributed by atoms with Crippen molar-refractivity contribution in [2.75, 3.05) is 45.3 Å². The van der Waals surface area contributed by atoms with Gasteiger partial charge >= 0.3 is 0 Å². The van der Waals surface area contributed by atoms with Crippen LogP contribution >= 0.6 is 0 Å². The van der Waals surface area contributed by atoms with E-state index in [4.69, 9.17) is 9.72 Å². The first-order valence-electron chi connectivity index (χ1n) is 9.92. The van der Waals surface area contributed by atoms with Crippen LogP contribution < -0.4 is 4.90 Å². The lowest BCUT2D eigenvalue weighted by Crippen LogP contribution is -2.44. The number of fused-ring (bicyclic) bond motifs is 1. The van der Waals surface area contributed by atoms with Crippen LogP contribution in [-0.4, -0.2) is 76.6 Å². The molecule has 8 heteroatoms. The zero-order valence-corrected chi connectivity index (χ0v) is 17.0. The summed E-state index contributed by atoms with van der Waals surface area (Å²) in [4.78, 5) is 12.0. The quantitative estimate of drug-likeness (QED) is 0.735. The number of aromatic amines is 1. The summed E-state index contributed by atoms with van der Waals surface area (Å²) in [6.07, 6.45) is 5.85. The lowest BCUT2D eigenvalue weighted by molar-refractivity contribution is 0.0985. The van der Waals surface area contributed by atoms with Gasteiger partial charge in [0.1, 0.15) is 17.0 Å². The Morgan fingerprint density at radius 1 is 1.21 bits per heavy atom. The molecule has 0 saturated carbocycles. The van der Waals surface area contributed by atoms with E-state index in [9.17, 15) is 0 Å². The molecule has 0 aromatic carbocycles. The number of hydrazine groups is 1. The fourth-order valence-electron chi connectivity index (χ4n) is 4.09. The molecule has 1 N–H and O–H groups in total. The maximum Gasteiger partial charge on any atom is 0.130 e. The summed E-state index contributed by atoms with van der Waals surface area (Å²) in [5.41, 5.74) is 4.92. The van der Waals surface area contributed by atoms with E-state index in [0.717, 1.165) is 41.2 Å². The van der Waals surface area contributed by atoms with Crippen LogP contribution in [0.5, 0.6) is 0 Å². The minimum Gasteiger partial charge on any atom is -0.377 e. The third-order valence-electron chi connectivity index (χ3n) is 5.82. The molecule has 1 atom stereocenters. The molecule has 3 aromatic heterocycles. The molecule has 0 bridgehead atoms. The summed E-state index contributed by atoms with van der Waals surface area (Å²) in [5.74, 6) is 0.959. The molecule has 2 aliphatic heterocycles. The Balaban J connectivity index is 1.75. The third-order valence-corrected chi connectivity index (χ3v) is 5.82. The van der Waals surface area contributed by atoms with Crippen LogP contribution in [0.15, 0.2) is 36.7 Å². The fourth-order valence-corrected chi connectivity index (χ4v) is 4.09. The van der Waals surface area contributed by atoms with Crippen molar-refractivity contribution in [1.29, 1.82) is 0 Å². The van der Waals surface area contributed by atoms with E-state index in [2.05, 4.69) is 69.3 Å². The molecule has 0 amide bonds. The molecule has 5 rings (SSSR count). The highest BCUT2D eigenvalue weighted by Crippen LogP contribution is 2.35. The van der Waals surface area contributed by atoms with E-state index < -0.39 is 0 Å². The van der Waals surface area contributed by atoms with E-state index in [0.29, 0.717) is 13.2 Å². The van der Waals surface area contributed by atoms with Crippen molar-refractivity contribution < 1.29 is 4.74 Å². The van der Waals surface area contributed by atoms with Gasteiger partial charge in [-0.1, -0.05) is 0 Å². The predicted molar refractivity (Wildman–Crippen MR) is 113 cm³/mol. The van der Waals surface area contributed by atoms with E-state index in [1.807, 2.05) is 12.3 Å². The number of nitrogens with zero attached hydrogens (tertiary/aromatic N) is 6. The largest absolute Gasteiger partial charge is 0.377 e. The van der Waals surface area contributed by atoms with Crippen LogP contribution in [0.25, 0.3) is 28.0 Å². The van der Waals surface area contributed by atoms with Crippen LogP contribution in [0.2, 0.25) is 0 Å². The highest BCUT2D eigenvalue weighted by molar-refractivity contribution is 5.99. The average Bonchev–Trinajstić information content (AvgIpc) is 3.38. The zero-order chi connectivity index (χ0) is 20.0. The van der Waals surface area contributed by atoms with E-state index in [1.54, 1.807) is 6.20 Å². The minimum absolute atomic E-state index is 0.270. The summed E-state index contributed by atoms with van der Waals surface area (Å²) in [6.45, 7) is 5.31. The third kappa shape index (κ3) is 3.04. The molecule has 8 nitrogen and oxygen atoms in total.